The number of hydrogen-bond acceptors (Lipinski definition) is 4. The summed E-state index contributed by atoms with van der Waals surface area (Å²) in [5.74, 6) is -3.55. The molecule has 0 fully saturated rings. The van der Waals surface area contributed by atoms with E-state index in [4.69, 9.17) is 0 Å². The van der Waals surface area contributed by atoms with E-state index in [9.17, 15) is 18.8 Å². The Labute approximate surface area is 102 Å². The molecule has 1 rings (SSSR count). The van der Waals surface area contributed by atoms with Crippen LogP contribution in [0.3, 0.4) is 0 Å². The van der Waals surface area contributed by atoms with E-state index in [1.807, 2.05) is 10.9 Å². The number of hydrazine groups is 1. The van der Waals surface area contributed by atoms with E-state index in [0.717, 1.165) is 6.07 Å². The standard InChI is InChI=1S/C11H11FN2O4/c1-2-18-11(17)10(16)14-13-9(15)7-4-3-5-8(12)6-7/h3-6H,2H2,1H3,(H,13,15)(H,14,16). The van der Waals surface area contributed by atoms with Gasteiger partial charge in [0.2, 0.25) is 0 Å². The Hall–Kier alpha value is -2.44. The molecule has 0 atom stereocenters. The second-order valence-corrected chi connectivity index (χ2v) is 3.14. The van der Waals surface area contributed by atoms with E-state index < -0.39 is 23.6 Å². The third-order valence-corrected chi connectivity index (χ3v) is 1.84. The predicted molar refractivity (Wildman–Crippen MR) is 58.6 cm³/mol. The van der Waals surface area contributed by atoms with Gasteiger partial charge >= 0.3 is 11.9 Å². The molecule has 0 heterocycles. The van der Waals surface area contributed by atoms with Gasteiger partial charge in [0.1, 0.15) is 5.82 Å². The van der Waals surface area contributed by atoms with Crippen molar-refractivity contribution in [3.8, 4) is 0 Å². The van der Waals surface area contributed by atoms with Crippen LogP contribution in [0.4, 0.5) is 4.39 Å². The van der Waals surface area contributed by atoms with E-state index >= 15 is 0 Å². The van der Waals surface area contributed by atoms with Crippen molar-refractivity contribution in [2.45, 2.75) is 6.92 Å². The molecule has 2 N–H and O–H groups in total. The third kappa shape index (κ3) is 3.85. The second-order valence-electron chi connectivity index (χ2n) is 3.14. The smallest absolute Gasteiger partial charge is 0.398 e. The Bertz CT molecular complexity index is 476. The maximum atomic E-state index is 12.8. The quantitative estimate of drug-likeness (QED) is 0.447. The fraction of sp³-hybridized carbons (Fsp3) is 0.182. The van der Waals surface area contributed by atoms with Gasteiger partial charge in [-0.15, -0.1) is 0 Å². The maximum absolute atomic E-state index is 12.8. The van der Waals surface area contributed by atoms with Crippen molar-refractivity contribution < 1.29 is 23.5 Å². The van der Waals surface area contributed by atoms with Crippen LogP contribution in [0.1, 0.15) is 17.3 Å². The molecule has 7 heteroatoms. The Balaban J connectivity index is 2.51. The van der Waals surface area contributed by atoms with Crippen LogP contribution >= 0.6 is 0 Å². The summed E-state index contributed by atoms with van der Waals surface area (Å²) in [5, 5.41) is 0. The largest absolute Gasteiger partial charge is 0.459 e. The van der Waals surface area contributed by atoms with Gasteiger partial charge in [0, 0.05) is 5.56 Å². The van der Waals surface area contributed by atoms with Crippen LogP contribution in [0, 0.1) is 5.82 Å². The number of ether oxygens (including phenoxy) is 1. The molecule has 0 aliphatic heterocycles. The summed E-state index contributed by atoms with van der Waals surface area (Å²) in [4.78, 5) is 33.4. The zero-order chi connectivity index (χ0) is 13.5. The van der Waals surface area contributed by atoms with E-state index in [1.54, 1.807) is 0 Å². The number of halogens is 1. The normalized spacial score (nSPS) is 9.44. The van der Waals surface area contributed by atoms with Crippen molar-refractivity contribution >= 4 is 17.8 Å². The first kappa shape index (κ1) is 13.6. The van der Waals surface area contributed by atoms with Gasteiger partial charge in [-0.25, -0.2) is 9.18 Å². The van der Waals surface area contributed by atoms with Crippen LogP contribution in [0.25, 0.3) is 0 Å². The Kier molecular flexibility index (Phi) is 4.79. The molecule has 0 aromatic heterocycles. The molecule has 0 radical (unpaired) electrons. The van der Waals surface area contributed by atoms with Crippen LogP contribution in [-0.2, 0) is 14.3 Å². The molecular weight excluding hydrogens is 243 g/mol. The first-order valence-electron chi connectivity index (χ1n) is 5.07. The summed E-state index contributed by atoms with van der Waals surface area (Å²) in [5.41, 5.74) is 3.82. The highest BCUT2D eigenvalue weighted by Crippen LogP contribution is 2.02. The minimum atomic E-state index is -1.11. The third-order valence-electron chi connectivity index (χ3n) is 1.84. The Morgan fingerprint density at radius 3 is 2.61 bits per heavy atom. The number of carbonyl (C=O) groups is 3. The van der Waals surface area contributed by atoms with E-state index in [-0.39, 0.29) is 12.2 Å². The molecular formula is C11H11FN2O4. The molecule has 1 aromatic rings. The van der Waals surface area contributed by atoms with Crippen molar-refractivity contribution in [1.29, 1.82) is 0 Å². The van der Waals surface area contributed by atoms with Gasteiger partial charge in [0.05, 0.1) is 6.61 Å². The molecule has 0 bridgehead atoms. The number of hydrogen-bond donors (Lipinski definition) is 2. The number of amides is 2. The van der Waals surface area contributed by atoms with Crippen molar-refractivity contribution in [1.82, 2.24) is 10.9 Å². The molecule has 6 nitrogen and oxygen atoms in total. The van der Waals surface area contributed by atoms with Gasteiger partial charge in [-0.2, -0.15) is 0 Å². The first-order valence-corrected chi connectivity index (χ1v) is 5.07. The van der Waals surface area contributed by atoms with Crippen molar-refractivity contribution in [2.75, 3.05) is 6.61 Å². The predicted octanol–water partition coefficient (Wildman–Crippen LogP) is 0.150. The molecule has 0 aliphatic rings. The lowest BCUT2D eigenvalue weighted by Gasteiger charge is -2.06. The van der Waals surface area contributed by atoms with Gasteiger partial charge in [-0.3, -0.25) is 20.4 Å². The zero-order valence-corrected chi connectivity index (χ0v) is 9.53. The minimum absolute atomic E-state index is 0.0131. The number of nitrogens with one attached hydrogen (secondary N) is 2. The van der Waals surface area contributed by atoms with Crippen LogP contribution in [0.15, 0.2) is 24.3 Å². The molecule has 0 saturated heterocycles. The van der Waals surface area contributed by atoms with E-state index in [1.165, 1.54) is 25.1 Å². The van der Waals surface area contributed by atoms with Crippen molar-refractivity contribution in [3.05, 3.63) is 35.6 Å². The fourth-order valence-corrected chi connectivity index (χ4v) is 1.06. The number of benzene rings is 1. The SMILES string of the molecule is CCOC(=O)C(=O)NNC(=O)c1cccc(F)c1. The Morgan fingerprint density at radius 2 is 2.00 bits per heavy atom. The van der Waals surface area contributed by atoms with Crippen LogP contribution in [0.5, 0.6) is 0 Å². The zero-order valence-electron chi connectivity index (χ0n) is 9.53. The molecule has 1 aromatic carbocycles. The van der Waals surface area contributed by atoms with Gasteiger partial charge in [-0.05, 0) is 25.1 Å². The number of esters is 1. The minimum Gasteiger partial charge on any atom is -0.459 e. The lowest BCUT2D eigenvalue weighted by Crippen LogP contribution is -2.45. The van der Waals surface area contributed by atoms with E-state index in [0.29, 0.717) is 0 Å². The second kappa shape index (κ2) is 6.33. The van der Waals surface area contributed by atoms with Gasteiger partial charge in [0.15, 0.2) is 0 Å². The molecule has 2 amide bonds. The van der Waals surface area contributed by atoms with Crippen molar-refractivity contribution in [2.24, 2.45) is 0 Å². The molecule has 0 unspecified atom stereocenters. The fourth-order valence-electron chi connectivity index (χ4n) is 1.06. The van der Waals surface area contributed by atoms with Gasteiger partial charge in [-0.1, -0.05) is 6.07 Å². The summed E-state index contributed by atoms with van der Waals surface area (Å²) in [6, 6.07) is 4.87. The number of rotatable bonds is 2. The van der Waals surface area contributed by atoms with E-state index in [2.05, 4.69) is 4.74 Å². The molecule has 0 aliphatic carbocycles. The number of carbonyl (C=O) groups excluding carboxylic acids is 3. The summed E-state index contributed by atoms with van der Waals surface area (Å²) in [6.07, 6.45) is 0. The molecule has 0 saturated carbocycles. The lowest BCUT2D eigenvalue weighted by molar-refractivity contribution is -0.154. The average Bonchev–Trinajstić information content (AvgIpc) is 2.35. The topological polar surface area (TPSA) is 84.5 Å². The van der Waals surface area contributed by atoms with Gasteiger partial charge < -0.3 is 4.74 Å². The van der Waals surface area contributed by atoms with Crippen molar-refractivity contribution in [3.63, 3.8) is 0 Å². The molecule has 0 spiro atoms. The first-order chi connectivity index (χ1) is 8.54. The highest BCUT2D eigenvalue weighted by atomic mass is 19.1. The summed E-state index contributed by atoms with van der Waals surface area (Å²) in [6.45, 7) is 1.58. The van der Waals surface area contributed by atoms with Crippen LogP contribution in [-0.4, -0.2) is 24.4 Å². The molecule has 96 valence electrons. The Morgan fingerprint density at radius 1 is 1.28 bits per heavy atom. The monoisotopic (exact) mass is 254 g/mol. The average molecular weight is 254 g/mol. The lowest BCUT2D eigenvalue weighted by atomic mass is 10.2. The van der Waals surface area contributed by atoms with Crippen LogP contribution < -0.4 is 10.9 Å². The highest BCUT2D eigenvalue weighted by Gasteiger charge is 2.15. The maximum Gasteiger partial charge on any atom is 0.398 e. The summed E-state index contributed by atoms with van der Waals surface area (Å²) in [7, 11) is 0. The summed E-state index contributed by atoms with van der Waals surface area (Å²) < 4.78 is 17.2. The van der Waals surface area contributed by atoms with Crippen LogP contribution in [0.2, 0.25) is 0 Å². The molecule has 18 heavy (non-hydrogen) atoms. The summed E-state index contributed by atoms with van der Waals surface area (Å²) >= 11 is 0. The van der Waals surface area contributed by atoms with Gasteiger partial charge in [0.25, 0.3) is 5.91 Å². The highest BCUT2D eigenvalue weighted by molar-refractivity contribution is 6.32.